The number of benzene rings is 2. The zero-order valence-corrected chi connectivity index (χ0v) is 15.4. The van der Waals surface area contributed by atoms with Crippen molar-refractivity contribution in [3.63, 3.8) is 0 Å². The Labute approximate surface area is 157 Å². The van der Waals surface area contributed by atoms with Crippen LogP contribution in [0.15, 0.2) is 69.9 Å². The number of rotatable bonds is 4. The highest BCUT2D eigenvalue weighted by Crippen LogP contribution is 2.18. The van der Waals surface area contributed by atoms with E-state index in [4.69, 9.17) is 0 Å². The molecular weight excluding hydrogens is 401 g/mol. The van der Waals surface area contributed by atoms with Gasteiger partial charge in [0.15, 0.2) is 0 Å². The summed E-state index contributed by atoms with van der Waals surface area (Å²) in [6, 6.07) is 15.6. The van der Waals surface area contributed by atoms with Crippen LogP contribution in [0.5, 0.6) is 0 Å². The quantitative estimate of drug-likeness (QED) is 0.707. The van der Waals surface area contributed by atoms with E-state index in [-0.39, 0.29) is 17.4 Å². The second kappa shape index (κ2) is 7.61. The summed E-state index contributed by atoms with van der Waals surface area (Å²) in [7, 11) is 0. The van der Waals surface area contributed by atoms with Gasteiger partial charge < -0.3 is 5.32 Å². The molecule has 2 aromatic carbocycles. The number of carbonyl (C=O) groups excluding carboxylic acids is 1. The van der Waals surface area contributed by atoms with Crippen LogP contribution in [-0.2, 0) is 0 Å². The predicted octanol–water partition coefficient (Wildman–Crippen LogP) is 3.63. The molecule has 1 N–H and O–H groups in total. The molecule has 3 rings (SSSR count). The predicted molar refractivity (Wildman–Crippen MR) is 99.8 cm³/mol. The lowest BCUT2D eigenvalue weighted by atomic mass is 10.1. The van der Waals surface area contributed by atoms with Crippen LogP contribution in [0.1, 0.15) is 29.0 Å². The minimum atomic E-state index is -0.595. The van der Waals surface area contributed by atoms with E-state index in [9.17, 15) is 14.0 Å². The second-order valence-corrected chi connectivity index (χ2v) is 6.59. The van der Waals surface area contributed by atoms with Gasteiger partial charge >= 0.3 is 0 Å². The zero-order valence-electron chi connectivity index (χ0n) is 13.8. The van der Waals surface area contributed by atoms with Gasteiger partial charge in [-0.25, -0.2) is 4.39 Å². The molecular formula is C19H15BrFN3O2. The summed E-state index contributed by atoms with van der Waals surface area (Å²) in [5.74, 6) is -1.05. The Hall–Kier alpha value is -2.80. The third kappa shape index (κ3) is 3.88. The lowest BCUT2D eigenvalue weighted by molar-refractivity contribution is 0.0933. The average molecular weight is 416 g/mol. The number of hydrogen-bond donors (Lipinski definition) is 1. The number of halogens is 2. The van der Waals surface area contributed by atoms with Gasteiger partial charge in [0.05, 0.1) is 6.04 Å². The SMILES string of the molecule is CC(NC(=O)c1ccc(=O)n(-c2ccccc2F)n1)c1cccc(Br)c1. The van der Waals surface area contributed by atoms with Crippen LogP contribution in [0.2, 0.25) is 0 Å². The number of carbonyl (C=O) groups is 1. The Balaban J connectivity index is 1.88. The van der Waals surface area contributed by atoms with Crippen LogP contribution in [0.4, 0.5) is 4.39 Å². The van der Waals surface area contributed by atoms with Crippen molar-refractivity contribution in [2.24, 2.45) is 0 Å². The number of nitrogens with one attached hydrogen (secondary N) is 1. The van der Waals surface area contributed by atoms with Gasteiger partial charge in [-0.15, -0.1) is 0 Å². The van der Waals surface area contributed by atoms with Crippen molar-refractivity contribution in [3.05, 3.63) is 92.6 Å². The van der Waals surface area contributed by atoms with Gasteiger partial charge in [0, 0.05) is 10.5 Å². The molecule has 0 saturated heterocycles. The molecule has 7 heteroatoms. The molecule has 0 radical (unpaired) electrons. The molecule has 3 aromatic rings. The van der Waals surface area contributed by atoms with Gasteiger partial charge in [0.25, 0.3) is 11.5 Å². The van der Waals surface area contributed by atoms with E-state index in [0.29, 0.717) is 0 Å². The Morgan fingerprint density at radius 1 is 1.15 bits per heavy atom. The highest BCUT2D eigenvalue weighted by molar-refractivity contribution is 9.10. The fraction of sp³-hybridized carbons (Fsp3) is 0.105. The molecule has 0 spiro atoms. The number of amides is 1. The van der Waals surface area contributed by atoms with E-state index in [1.54, 1.807) is 6.07 Å². The van der Waals surface area contributed by atoms with Crippen LogP contribution in [0.3, 0.4) is 0 Å². The van der Waals surface area contributed by atoms with Crippen LogP contribution in [-0.4, -0.2) is 15.7 Å². The Bertz CT molecular complexity index is 1020. The number of para-hydroxylation sites is 1. The largest absolute Gasteiger partial charge is 0.344 e. The maximum Gasteiger partial charge on any atom is 0.272 e. The summed E-state index contributed by atoms with van der Waals surface area (Å²) < 4.78 is 15.7. The lowest BCUT2D eigenvalue weighted by Gasteiger charge is -2.15. The van der Waals surface area contributed by atoms with Crippen molar-refractivity contribution in [2.45, 2.75) is 13.0 Å². The minimum absolute atomic E-state index is 0.00723. The van der Waals surface area contributed by atoms with E-state index < -0.39 is 17.3 Å². The summed E-state index contributed by atoms with van der Waals surface area (Å²) in [5, 5.41) is 6.83. The first-order valence-corrected chi connectivity index (χ1v) is 8.66. The van der Waals surface area contributed by atoms with Crippen LogP contribution in [0, 0.1) is 5.82 Å². The van der Waals surface area contributed by atoms with Crippen LogP contribution >= 0.6 is 15.9 Å². The number of aromatic nitrogens is 2. The molecule has 1 unspecified atom stereocenters. The molecule has 26 heavy (non-hydrogen) atoms. The first-order chi connectivity index (χ1) is 12.5. The first kappa shape index (κ1) is 18.0. The molecule has 1 aromatic heterocycles. The molecule has 0 fully saturated rings. The van der Waals surface area contributed by atoms with E-state index >= 15 is 0 Å². The molecule has 0 saturated carbocycles. The summed E-state index contributed by atoms with van der Waals surface area (Å²) >= 11 is 3.39. The highest BCUT2D eigenvalue weighted by Gasteiger charge is 2.15. The zero-order chi connectivity index (χ0) is 18.7. The molecule has 1 amide bonds. The molecule has 0 aliphatic rings. The van der Waals surface area contributed by atoms with Crippen molar-refractivity contribution < 1.29 is 9.18 Å². The highest BCUT2D eigenvalue weighted by atomic mass is 79.9. The minimum Gasteiger partial charge on any atom is -0.344 e. The van der Waals surface area contributed by atoms with Gasteiger partial charge in [-0.3, -0.25) is 9.59 Å². The summed E-state index contributed by atoms with van der Waals surface area (Å²) in [4.78, 5) is 24.5. The Morgan fingerprint density at radius 2 is 1.92 bits per heavy atom. The normalized spacial score (nSPS) is 11.8. The standard InChI is InChI=1S/C19H15BrFN3O2/c1-12(13-5-4-6-14(20)11-13)22-19(26)16-9-10-18(25)24(23-16)17-8-3-2-7-15(17)21/h2-12H,1H3,(H,22,26). The summed E-state index contributed by atoms with van der Waals surface area (Å²) in [6.07, 6.45) is 0. The Morgan fingerprint density at radius 3 is 2.65 bits per heavy atom. The molecule has 0 aliphatic heterocycles. The second-order valence-electron chi connectivity index (χ2n) is 5.67. The number of hydrogen-bond acceptors (Lipinski definition) is 3. The van der Waals surface area contributed by atoms with E-state index in [0.717, 1.165) is 14.7 Å². The fourth-order valence-electron chi connectivity index (χ4n) is 2.46. The maximum atomic E-state index is 14.0. The molecule has 0 aliphatic carbocycles. The van der Waals surface area contributed by atoms with E-state index in [2.05, 4.69) is 26.3 Å². The van der Waals surface area contributed by atoms with Crippen LogP contribution < -0.4 is 10.9 Å². The van der Waals surface area contributed by atoms with Gasteiger partial charge in [-0.2, -0.15) is 9.78 Å². The monoisotopic (exact) mass is 415 g/mol. The number of nitrogens with zero attached hydrogens (tertiary/aromatic N) is 2. The lowest BCUT2D eigenvalue weighted by Crippen LogP contribution is -2.30. The summed E-state index contributed by atoms with van der Waals surface area (Å²) in [5.41, 5.74) is 0.406. The molecule has 1 heterocycles. The molecule has 1 atom stereocenters. The van der Waals surface area contributed by atoms with Gasteiger partial charge in [0.1, 0.15) is 17.2 Å². The maximum absolute atomic E-state index is 14.0. The van der Waals surface area contributed by atoms with Gasteiger partial charge in [-0.1, -0.05) is 40.2 Å². The third-order valence-electron chi connectivity index (χ3n) is 3.81. The Kier molecular flexibility index (Phi) is 5.27. The third-order valence-corrected chi connectivity index (χ3v) is 4.30. The summed E-state index contributed by atoms with van der Waals surface area (Å²) in [6.45, 7) is 1.84. The van der Waals surface area contributed by atoms with Crippen molar-refractivity contribution in [2.75, 3.05) is 0 Å². The topological polar surface area (TPSA) is 64.0 Å². The van der Waals surface area contributed by atoms with Crippen molar-refractivity contribution in [3.8, 4) is 5.69 Å². The fourth-order valence-corrected chi connectivity index (χ4v) is 2.88. The first-order valence-electron chi connectivity index (χ1n) is 7.87. The van der Waals surface area contributed by atoms with Gasteiger partial charge in [0.2, 0.25) is 0 Å². The van der Waals surface area contributed by atoms with Crippen LogP contribution in [0.25, 0.3) is 5.69 Å². The van der Waals surface area contributed by atoms with Gasteiger partial charge in [-0.05, 0) is 42.8 Å². The van der Waals surface area contributed by atoms with Crippen molar-refractivity contribution in [1.29, 1.82) is 0 Å². The average Bonchev–Trinajstić information content (AvgIpc) is 2.62. The molecule has 0 bridgehead atoms. The molecule has 132 valence electrons. The van der Waals surface area contributed by atoms with Crippen molar-refractivity contribution in [1.82, 2.24) is 15.1 Å². The van der Waals surface area contributed by atoms with Crippen molar-refractivity contribution >= 4 is 21.8 Å². The van der Waals surface area contributed by atoms with E-state index in [1.807, 2.05) is 31.2 Å². The van der Waals surface area contributed by atoms with E-state index in [1.165, 1.54) is 30.3 Å². The smallest absolute Gasteiger partial charge is 0.272 e. The molecule has 5 nitrogen and oxygen atoms in total.